The Morgan fingerprint density at radius 1 is 1.21 bits per heavy atom. The number of rotatable bonds is 6. The fourth-order valence-electron chi connectivity index (χ4n) is 3.28. The fourth-order valence-corrected chi connectivity index (χ4v) is 7.72. The molecule has 2 aliphatic rings. The molecule has 2 atom stereocenters. The van der Waals surface area contributed by atoms with E-state index in [-0.39, 0.29) is 28.7 Å². The number of ether oxygens (including phenoxy) is 2. The van der Waals surface area contributed by atoms with Crippen LogP contribution in [0.1, 0.15) is 27.2 Å². The second kappa shape index (κ2) is 8.62. The highest BCUT2D eigenvalue weighted by atomic mass is 79.9. The highest BCUT2D eigenvalue weighted by Crippen LogP contribution is 2.46. The zero-order chi connectivity index (χ0) is 20.5. The Morgan fingerprint density at radius 2 is 1.86 bits per heavy atom. The quantitative estimate of drug-likeness (QED) is 0.604. The van der Waals surface area contributed by atoms with Gasteiger partial charge in [0.2, 0.25) is 5.91 Å². The van der Waals surface area contributed by atoms with Crippen LogP contribution in [0.5, 0.6) is 11.5 Å². The van der Waals surface area contributed by atoms with Gasteiger partial charge < -0.3 is 14.4 Å². The van der Waals surface area contributed by atoms with E-state index in [9.17, 15) is 13.2 Å². The number of nitrogens with zero attached hydrogens (tertiary/aromatic N) is 2. The van der Waals surface area contributed by atoms with Crippen molar-refractivity contribution in [2.24, 2.45) is 4.99 Å². The summed E-state index contributed by atoms with van der Waals surface area (Å²) < 4.78 is 36.5. The summed E-state index contributed by atoms with van der Waals surface area (Å²) in [5, 5.41) is 0.381. The predicted molar refractivity (Wildman–Crippen MR) is 116 cm³/mol. The van der Waals surface area contributed by atoms with Crippen LogP contribution in [0.4, 0.5) is 5.69 Å². The largest absolute Gasteiger partial charge is 0.490 e. The fraction of sp³-hybridized carbons (Fsp3) is 0.556. The van der Waals surface area contributed by atoms with E-state index in [1.807, 2.05) is 30.9 Å². The van der Waals surface area contributed by atoms with E-state index in [0.29, 0.717) is 42.0 Å². The monoisotopic (exact) mass is 490 g/mol. The number of anilines is 1. The lowest BCUT2D eigenvalue weighted by molar-refractivity contribution is -0.117. The second-order valence-electron chi connectivity index (χ2n) is 6.43. The second-order valence-corrected chi connectivity index (χ2v) is 10.6. The number of thioether (sulfide) groups is 1. The van der Waals surface area contributed by atoms with E-state index in [4.69, 9.17) is 9.47 Å². The number of amidine groups is 1. The lowest BCUT2D eigenvalue weighted by atomic mass is 10.2. The van der Waals surface area contributed by atoms with Crippen molar-refractivity contribution in [1.82, 2.24) is 0 Å². The van der Waals surface area contributed by atoms with Gasteiger partial charge in [0.25, 0.3) is 0 Å². The van der Waals surface area contributed by atoms with E-state index in [2.05, 4.69) is 20.9 Å². The highest BCUT2D eigenvalue weighted by Gasteiger charge is 2.50. The number of carbonyl (C=O) groups is 1. The third kappa shape index (κ3) is 4.33. The predicted octanol–water partition coefficient (Wildman–Crippen LogP) is 3.26. The number of sulfone groups is 1. The third-order valence-electron chi connectivity index (χ3n) is 4.46. The Morgan fingerprint density at radius 3 is 2.46 bits per heavy atom. The highest BCUT2D eigenvalue weighted by molar-refractivity contribution is 9.10. The van der Waals surface area contributed by atoms with Gasteiger partial charge >= 0.3 is 0 Å². The lowest BCUT2D eigenvalue weighted by Crippen LogP contribution is -2.38. The SMILES string of the molecule is CCOc1cc(Br)c(N2C(=NC(=O)CC)S[C@H]3CS(=O)(=O)C[C@@H]32)cc1OCC. The maximum Gasteiger partial charge on any atom is 0.247 e. The molecule has 28 heavy (non-hydrogen) atoms. The van der Waals surface area contributed by atoms with Crippen molar-refractivity contribution in [2.45, 2.75) is 38.5 Å². The van der Waals surface area contributed by atoms with E-state index in [1.165, 1.54) is 11.8 Å². The topological polar surface area (TPSA) is 85.3 Å². The van der Waals surface area contributed by atoms with Crippen LogP contribution >= 0.6 is 27.7 Å². The molecule has 0 bridgehead atoms. The number of hydrogen-bond acceptors (Lipinski definition) is 6. The molecule has 2 fully saturated rings. The Hall–Kier alpha value is -1.26. The first-order chi connectivity index (χ1) is 13.3. The Bertz CT molecular complexity index is 903. The van der Waals surface area contributed by atoms with Crippen LogP contribution in [0, 0.1) is 0 Å². The summed E-state index contributed by atoms with van der Waals surface area (Å²) in [5.74, 6) is 1.06. The molecule has 2 saturated heterocycles. The molecule has 1 aromatic rings. The molecule has 10 heteroatoms. The number of halogens is 1. The van der Waals surface area contributed by atoms with Crippen LogP contribution in [0.25, 0.3) is 0 Å². The molecule has 1 aromatic carbocycles. The molecule has 3 rings (SSSR count). The van der Waals surface area contributed by atoms with Gasteiger partial charge in [-0.2, -0.15) is 4.99 Å². The summed E-state index contributed by atoms with van der Waals surface area (Å²) in [4.78, 5) is 18.1. The first-order valence-electron chi connectivity index (χ1n) is 9.16. The van der Waals surface area contributed by atoms with Gasteiger partial charge in [0, 0.05) is 28.3 Å². The smallest absolute Gasteiger partial charge is 0.247 e. The van der Waals surface area contributed by atoms with Crippen LogP contribution in [0.2, 0.25) is 0 Å². The van der Waals surface area contributed by atoms with E-state index in [1.54, 1.807) is 6.92 Å². The van der Waals surface area contributed by atoms with Gasteiger partial charge in [0.15, 0.2) is 26.5 Å². The molecule has 2 heterocycles. The standard InChI is InChI=1S/C18H23BrN2O5S2/c1-4-17(22)20-18-21(13-9-28(23,24)10-16(13)27-18)12-8-15(26-6-3)14(25-5-2)7-11(12)19/h7-8,13,16H,4-6,9-10H2,1-3H3/t13-,16-/m0/s1. The molecule has 0 radical (unpaired) electrons. The Labute approximate surface area is 177 Å². The summed E-state index contributed by atoms with van der Waals surface area (Å²) in [6.45, 7) is 6.48. The van der Waals surface area contributed by atoms with Gasteiger partial charge in [0.05, 0.1) is 36.4 Å². The van der Waals surface area contributed by atoms with Crippen LogP contribution in [0.3, 0.4) is 0 Å². The molecule has 0 aromatic heterocycles. The average molecular weight is 491 g/mol. The molecule has 1 amide bonds. The molecule has 0 saturated carbocycles. The van der Waals surface area contributed by atoms with Gasteiger partial charge in [-0.05, 0) is 29.8 Å². The molecular formula is C18H23BrN2O5S2. The minimum atomic E-state index is -3.13. The maximum absolute atomic E-state index is 12.2. The number of benzene rings is 1. The summed E-state index contributed by atoms with van der Waals surface area (Å²) in [6.07, 6.45) is 0.292. The maximum atomic E-state index is 12.2. The summed E-state index contributed by atoms with van der Waals surface area (Å²) >= 11 is 4.93. The first kappa shape index (κ1) is 21.4. The van der Waals surface area contributed by atoms with Gasteiger partial charge in [-0.15, -0.1) is 0 Å². The van der Waals surface area contributed by atoms with Crippen molar-refractivity contribution in [2.75, 3.05) is 29.6 Å². The number of aliphatic imine (C=N–C) groups is 1. The van der Waals surface area contributed by atoms with E-state index in [0.717, 1.165) is 4.47 Å². The van der Waals surface area contributed by atoms with Crippen molar-refractivity contribution in [3.63, 3.8) is 0 Å². The van der Waals surface area contributed by atoms with Crippen molar-refractivity contribution < 1.29 is 22.7 Å². The molecule has 0 unspecified atom stereocenters. The van der Waals surface area contributed by atoms with Crippen LogP contribution in [0.15, 0.2) is 21.6 Å². The van der Waals surface area contributed by atoms with Crippen LogP contribution in [-0.4, -0.2) is 55.5 Å². The normalized spacial score (nSPS) is 24.4. The molecular weight excluding hydrogens is 468 g/mol. The zero-order valence-electron chi connectivity index (χ0n) is 16.0. The van der Waals surface area contributed by atoms with Crippen molar-refractivity contribution in [3.8, 4) is 11.5 Å². The summed E-state index contributed by atoms with van der Waals surface area (Å²) in [7, 11) is -3.13. The summed E-state index contributed by atoms with van der Waals surface area (Å²) in [6, 6.07) is 3.35. The van der Waals surface area contributed by atoms with E-state index < -0.39 is 9.84 Å². The average Bonchev–Trinajstić information content (AvgIpc) is 3.08. The lowest BCUT2D eigenvalue weighted by Gasteiger charge is -2.27. The minimum Gasteiger partial charge on any atom is -0.490 e. The zero-order valence-corrected chi connectivity index (χ0v) is 19.2. The molecule has 154 valence electrons. The minimum absolute atomic E-state index is 0.0353. The molecule has 2 aliphatic heterocycles. The summed E-state index contributed by atoms with van der Waals surface area (Å²) in [5.41, 5.74) is 0.714. The van der Waals surface area contributed by atoms with Gasteiger partial charge in [-0.25, -0.2) is 8.42 Å². The van der Waals surface area contributed by atoms with Crippen molar-refractivity contribution in [1.29, 1.82) is 0 Å². The van der Waals surface area contributed by atoms with Crippen molar-refractivity contribution in [3.05, 3.63) is 16.6 Å². The first-order valence-corrected chi connectivity index (χ1v) is 12.7. The van der Waals surface area contributed by atoms with Gasteiger partial charge in [-0.3, -0.25) is 4.79 Å². The Kier molecular flexibility index (Phi) is 6.61. The van der Waals surface area contributed by atoms with Crippen LogP contribution < -0.4 is 14.4 Å². The van der Waals surface area contributed by atoms with Crippen LogP contribution in [-0.2, 0) is 14.6 Å². The molecule has 0 aliphatic carbocycles. The molecule has 7 nitrogen and oxygen atoms in total. The number of fused-ring (bicyclic) bond motifs is 1. The molecule has 0 N–H and O–H groups in total. The van der Waals surface area contributed by atoms with Gasteiger partial charge in [0.1, 0.15) is 0 Å². The van der Waals surface area contributed by atoms with Gasteiger partial charge in [-0.1, -0.05) is 18.7 Å². The number of carbonyl (C=O) groups excluding carboxylic acids is 1. The number of amides is 1. The Balaban J connectivity index is 2.09. The molecule has 0 spiro atoms. The third-order valence-corrected chi connectivity index (χ3v) is 8.31. The number of hydrogen-bond donors (Lipinski definition) is 0. The van der Waals surface area contributed by atoms with E-state index >= 15 is 0 Å². The van der Waals surface area contributed by atoms with Crippen molar-refractivity contribution >= 4 is 54.3 Å².